The minimum absolute atomic E-state index is 0.230. The van der Waals surface area contributed by atoms with Gasteiger partial charge in [-0.1, -0.05) is 0 Å². The summed E-state index contributed by atoms with van der Waals surface area (Å²) in [7, 11) is 0. The smallest absolute Gasteiger partial charge is 0.335 e. The molecule has 5 heteroatoms. The maximum Gasteiger partial charge on any atom is 0.335 e. The number of ether oxygens (including phenoxy) is 3. The molecule has 5 nitrogen and oxygen atoms in total. The van der Waals surface area contributed by atoms with Gasteiger partial charge < -0.3 is 19.3 Å². The zero-order valence-electron chi connectivity index (χ0n) is 10.6. The highest BCUT2D eigenvalue weighted by Gasteiger charge is 2.09. The Kier molecular flexibility index (Phi) is 6.18. The molecule has 100 valence electrons. The third-order valence-corrected chi connectivity index (χ3v) is 2.19. The Morgan fingerprint density at radius 2 is 1.72 bits per heavy atom. The van der Waals surface area contributed by atoms with Gasteiger partial charge in [-0.3, -0.25) is 0 Å². The molecule has 1 aromatic carbocycles. The average molecular weight is 254 g/mol. The van der Waals surface area contributed by atoms with Crippen LogP contribution in [0.25, 0.3) is 0 Å². The maximum atomic E-state index is 10.7. The van der Waals surface area contributed by atoms with Crippen molar-refractivity contribution in [1.29, 1.82) is 0 Å². The highest BCUT2D eigenvalue weighted by molar-refractivity contribution is 5.87. The third-order valence-electron chi connectivity index (χ3n) is 2.19. The van der Waals surface area contributed by atoms with Crippen LogP contribution in [0.15, 0.2) is 24.3 Å². The number of rotatable bonds is 8. The van der Waals surface area contributed by atoms with Gasteiger partial charge in [-0.25, -0.2) is 4.79 Å². The molecule has 0 aliphatic rings. The molecule has 0 spiro atoms. The second-order valence-electron chi connectivity index (χ2n) is 3.48. The van der Waals surface area contributed by atoms with E-state index in [0.29, 0.717) is 19.0 Å². The molecule has 18 heavy (non-hydrogen) atoms. The van der Waals surface area contributed by atoms with E-state index in [0.717, 1.165) is 0 Å². The van der Waals surface area contributed by atoms with Crippen molar-refractivity contribution in [1.82, 2.24) is 0 Å². The van der Waals surface area contributed by atoms with E-state index in [2.05, 4.69) is 0 Å². The van der Waals surface area contributed by atoms with Crippen molar-refractivity contribution in [2.24, 2.45) is 0 Å². The molecule has 1 N–H and O–H groups in total. The minimum Gasteiger partial charge on any atom is -0.488 e. The molecule has 0 aliphatic carbocycles. The second kappa shape index (κ2) is 7.68. The first-order valence-electron chi connectivity index (χ1n) is 5.86. The summed E-state index contributed by atoms with van der Waals surface area (Å²) >= 11 is 0. The fourth-order valence-corrected chi connectivity index (χ4v) is 1.37. The standard InChI is InChI=1S/C13H18O5/c1-3-16-12(17-4-2)9-18-11-7-5-10(6-8-11)13(14)15/h5-8,12H,3-4,9H2,1-2H3,(H,14,15). The molecule has 0 amide bonds. The van der Waals surface area contributed by atoms with Gasteiger partial charge in [-0.15, -0.1) is 0 Å². The first-order chi connectivity index (χ1) is 8.67. The third kappa shape index (κ3) is 4.73. The van der Waals surface area contributed by atoms with Crippen molar-refractivity contribution in [2.75, 3.05) is 19.8 Å². The Hall–Kier alpha value is -1.59. The fraction of sp³-hybridized carbons (Fsp3) is 0.462. The molecule has 1 aromatic rings. The Morgan fingerprint density at radius 3 is 2.17 bits per heavy atom. The lowest BCUT2D eigenvalue weighted by molar-refractivity contribution is -0.152. The molecule has 0 bridgehead atoms. The van der Waals surface area contributed by atoms with Crippen molar-refractivity contribution in [3.05, 3.63) is 29.8 Å². The van der Waals surface area contributed by atoms with Crippen molar-refractivity contribution in [3.63, 3.8) is 0 Å². The van der Waals surface area contributed by atoms with Crippen LogP contribution >= 0.6 is 0 Å². The highest BCUT2D eigenvalue weighted by Crippen LogP contribution is 2.13. The van der Waals surface area contributed by atoms with Gasteiger partial charge in [0, 0.05) is 13.2 Å². The van der Waals surface area contributed by atoms with Gasteiger partial charge in [0.1, 0.15) is 12.4 Å². The van der Waals surface area contributed by atoms with Crippen LogP contribution in [-0.2, 0) is 9.47 Å². The van der Waals surface area contributed by atoms with E-state index in [9.17, 15) is 4.79 Å². The minimum atomic E-state index is -0.956. The lowest BCUT2D eigenvalue weighted by atomic mass is 10.2. The summed E-state index contributed by atoms with van der Waals surface area (Å²) < 4.78 is 16.1. The van der Waals surface area contributed by atoms with E-state index < -0.39 is 12.3 Å². The van der Waals surface area contributed by atoms with Crippen LogP contribution in [0.1, 0.15) is 24.2 Å². The summed E-state index contributed by atoms with van der Waals surface area (Å²) in [5, 5.41) is 8.75. The summed E-state index contributed by atoms with van der Waals surface area (Å²) in [6.07, 6.45) is -0.404. The van der Waals surface area contributed by atoms with Crippen LogP contribution in [0.4, 0.5) is 0 Å². The second-order valence-corrected chi connectivity index (χ2v) is 3.48. The zero-order chi connectivity index (χ0) is 13.4. The molecule has 0 aliphatic heterocycles. The lowest BCUT2D eigenvalue weighted by Gasteiger charge is -2.17. The Labute approximate surface area is 106 Å². The molecule has 0 unspecified atom stereocenters. The molecule has 0 heterocycles. The van der Waals surface area contributed by atoms with Crippen molar-refractivity contribution >= 4 is 5.97 Å². The van der Waals surface area contributed by atoms with Crippen LogP contribution in [0, 0.1) is 0 Å². The normalized spacial score (nSPS) is 10.6. The number of carboxylic acid groups (broad SMARTS) is 1. The molecule has 0 atom stereocenters. The van der Waals surface area contributed by atoms with Crippen LogP contribution in [0.2, 0.25) is 0 Å². The van der Waals surface area contributed by atoms with Crippen molar-refractivity contribution < 1.29 is 24.1 Å². The van der Waals surface area contributed by atoms with E-state index in [1.807, 2.05) is 13.8 Å². The topological polar surface area (TPSA) is 65.0 Å². The van der Waals surface area contributed by atoms with Crippen molar-refractivity contribution in [2.45, 2.75) is 20.1 Å². The van der Waals surface area contributed by atoms with Crippen LogP contribution in [-0.4, -0.2) is 37.2 Å². The van der Waals surface area contributed by atoms with Gasteiger partial charge in [-0.05, 0) is 38.1 Å². The molecule has 0 radical (unpaired) electrons. The fourth-order valence-electron chi connectivity index (χ4n) is 1.37. The summed E-state index contributed by atoms with van der Waals surface area (Å²) in [6, 6.07) is 6.21. The molecule has 1 rings (SSSR count). The summed E-state index contributed by atoms with van der Waals surface area (Å²) in [4.78, 5) is 10.7. The Balaban J connectivity index is 2.48. The van der Waals surface area contributed by atoms with E-state index in [1.54, 1.807) is 12.1 Å². The van der Waals surface area contributed by atoms with E-state index in [4.69, 9.17) is 19.3 Å². The highest BCUT2D eigenvalue weighted by atomic mass is 16.7. The lowest BCUT2D eigenvalue weighted by Crippen LogP contribution is -2.25. The van der Waals surface area contributed by atoms with Gasteiger partial charge in [0.2, 0.25) is 0 Å². The van der Waals surface area contributed by atoms with Gasteiger partial charge in [0.05, 0.1) is 5.56 Å². The van der Waals surface area contributed by atoms with Gasteiger partial charge in [0.25, 0.3) is 0 Å². The van der Waals surface area contributed by atoms with Crippen LogP contribution < -0.4 is 4.74 Å². The summed E-state index contributed by atoms with van der Waals surface area (Å²) in [5.41, 5.74) is 0.230. The largest absolute Gasteiger partial charge is 0.488 e. The van der Waals surface area contributed by atoms with Gasteiger partial charge in [-0.2, -0.15) is 0 Å². The molecule has 0 fully saturated rings. The average Bonchev–Trinajstić information content (AvgIpc) is 2.37. The Morgan fingerprint density at radius 1 is 1.17 bits per heavy atom. The number of carbonyl (C=O) groups is 1. The zero-order valence-corrected chi connectivity index (χ0v) is 10.6. The summed E-state index contributed by atoms with van der Waals surface area (Å²) in [6.45, 7) is 5.13. The number of aromatic carboxylic acids is 1. The predicted octanol–water partition coefficient (Wildman–Crippen LogP) is 2.16. The first-order valence-corrected chi connectivity index (χ1v) is 5.86. The van der Waals surface area contributed by atoms with Gasteiger partial charge in [0.15, 0.2) is 6.29 Å². The molecular weight excluding hydrogens is 236 g/mol. The number of hydrogen-bond donors (Lipinski definition) is 1. The quantitative estimate of drug-likeness (QED) is 0.720. The molecule has 0 saturated carbocycles. The first kappa shape index (κ1) is 14.5. The number of hydrogen-bond acceptors (Lipinski definition) is 4. The van der Waals surface area contributed by atoms with Crippen LogP contribution in [0.3, 0.4) is 0 Å². The summed E-state index contributed by atoms with van der Waals surface area (Å²) in [5.74, 6) is -0.368. The molecular formula is C13H18O5. The Bertz CT molecular complexity index is 354. The van der Waals surface area contributed by atoms with E-state index in [-0.39, 0.29) is 12.2 Å². The van der Waals surface area contributed by atoms with E-state index in [1.165, 1.54) is 12.1 Å². The maximum absolute atomic E-state index is 10.7. The van der Waals surface area contributed by atoms with Gasteiger partial charge >= 0.3 is 5.97 Å². The van der Waals surface area contributed by atoms with Crippen LogP contribution in [0.5, 0.6) is 5.75 Å². The van der Waals surface area contributed by atoms with Crippen molar-refractivity contribution in [3.8, 4) is 5.75 Å². The number of benzene rings is 1. The number of carboxylic acids is 1. The molecule has 0 saturated heterocycles. The predicted molar refractivity (Wildman–Crippen MR) is 65.9 cm³/mol. The monoisotopic (exact) mass is 254 g/mol. The molecule has 0 aromatic heterocycles. The van der Waals surface area contributed by atoms with E-state index >= 15 is 0 Å². The SMILES string of the molecule is CCOC(COc1ccc(C(=O)O)cc1)OCC.